The molecule has 1 unspecified atom stereocenters. The van der Waals surface area contributed by atoms with Crippen LogP contribution < -0.4 is 0 Å². The molecule has 0 aliphatic carbocycles. The third-order valence-corrected chi connectivity index (χ3v) is 2.20. The lowest BCUT2D eigenvalue weighted by Crippen LogP contribution is -2.22. The Balaban J connectivity index is 2.32. The fourth-order valence-corrected chi connectivity index (χ4v) is 1.39. The summed E-state index contributed by atoms with van der Waals surface area (Å²) < 4.78 is 0. The Morgan fingerprint density at radius 3 is 2.90 bits per heavy atom. The minimum absolute atomic E-state index is 0.810. The second-order valence-electron chi connectivity index (χ2n) is 3.18. The van der Waals surface area contributed by atoms with E-state index in [0.29, 0.717) is 0 Å². The van der Waals surface area contributed by atoms with E-state index in [1.807, 2.05) is 4.90 Å². The molecule has 0 aromatic carbocycles. The highest BCUT2D eigenvalue weighted by Gasteiger charge is 2.10. The van der Waals surface area contributed by atoms with Gasteiger partial charge in [-0.15, -0.1) is 0 Å². The Labute approximate surface area is 62.2 Å². The summed E-state index contributed by atoms with van der Waals surface area (Å²) in [5.74, 6) is 0.810. The van der Waals surface area contributed by atoms with Gasteiger partial charge >= 0.3 is 0 Å². The van der Waals surface area contributed by atoms with Crippen molar-refractivity contribution in [2.45, 2.75) is 26.2 Å². The summed E-state index contributed by atoms with van der Waals surface area (Å²) >= 11 is 0. The summed E-state index contributed by atoms with van der Waals surface area (Å²) in [4.78, 5) is 12.2. The number of carbonyl (C=O) groups is 1. The van der Waals surface area contributed by atoms with Gasteiger partial charge < -0.3 is 4.90 Å². The van der Waals surface area contributed by atoms with E-state index in [2.05, 4.69) is 6.92 Å². The molecule has 1 fully saturated rings. The van der Waals surface area contributed by atoms with Crippen LogP contribution in [0, 0.1) is 5.92 Å². The van der Waals surface area contributed by atoms with Crippen LogP contribution in [0.2, 0.25) is 0 Å². The van der Waals surface area contributed by atoms with Crippen molar-refractivity contribution in [2.24, 2.45) is 5.92 Å². The maximum atomic E-state index is 10.3. The van der Waals surface area contributed by atoms with Crippen LogP contribution in [0.15, 0.2) is 0 Å². The third-order valence-electron chi connectivity index (χ3n) is 2.20. The van der Waals surface area contributed by atoms with Gasteiger partial charge in [-0.1, -0.05) is 6.92 Å². The largest absolute Gasteiger partial charge is 0.345 e. The van der Waals surface area contributed by atoms with Crippen LogP contribution in [-0.4, -0.2) is 24.4 Å². The van der Waals surface area contributed by atoms with Crippen molar-refractivity contribution in [1.82, 2.24) is 4.90 Å². The molecule has 0 bridgehead atoms. The van der Waals surface area contributed by atoms with Crippen molar-refractivity contribution in [3.8, 4) is 0 Å². The zero-order valence-corrected chi connectivity index (χ0v) is 6.55. The molecule has 0 saturated carbocycles. The van der Waals surface area contributed by atoms with Crippen molar-refractivity contribution in [2.75, 3.05) is 13.1 Å². The smallest absolute Gasteiger partial charge is 0.209 e. The maximum Gasteiger partial charge on any atom is 0.209 e. The van der Waals surface area contributed by atoms with Crippen molar-refractivity contribution < 1.29 is 4.79 Å². The zero-order valence-electron chi connectivity index (χ0n) is 6.55. The molecule has 0 aromatic rings. The second kappa shape index (κ2) is 3.59. The van der Waals surface area contributed by atoms with E-state index in [0.717, 1.165) is 25.4 Å². The van der Waals surface area contributed by atoms with Crippen LogP contribution in [0.25, 0.3) is 0 Å². The fraction of sp³-hybridized carbons (Fsp3) is 0.875. The Morgan fingerprint density at radius 1 is 1.40 bits per heavy atom. The Morgan fingerprint density at radius 2 is 2.20 bits per heavy atom. The molecular weight excluding hydrogens is 126 g/mol. The lowest BCUT2D eigenvalue weighted by molar-refractivity contribution is -0.118. The molecule has 10 heavy (non-hydrogen) atoms. The summed E-state index contributed by atoms with van der Waals surface area (Å²) in [6.07, 6.45) is 4.61. The Bertz CT molecular complexity index is 114. The number of nitrogens with zero attached hydrogens (tertiary/aromatic N) is 1. The molecule has 1 saturated heterocycles. The normalized spacial score (nSPS) is 27.7. The quantitative estimate of drug-likeness (QED) is 0.503. The Kier molecular flexibility index (Phi) is 2.72. The van der Waals surface area contributed by atoms with E-state index in [9.17, 15) is 4.79 Å². The molecular formula is C8H15NO. The first-order chi connectivity index (χ1) is 4.83. The first-order valence-corrected chi connectivity index (χ1v) is 4.02. The van der Waals surface area contributed by atoms with Gasteiger partial charge in [0.15, 0.2) is 0 Å². The number of hydrogen-bond acceptors (Lipinski definition) is 1. The summed E-state index contributed by atoms with van der Waals surface area (Å²) in [6.45, 7) is 4.19. The SMILES string of the molecule is CC1CCCN(C=O)CC1. The molecule has 1 atom stereocenters. The highest BCUT2D eigenvalue weighted by atomic mass is 16.1. The van der Waals surface area contributed by atoms with Gasteiger partial charge in [-0.25, -0.2) is 0 Å². The van der Waals surface area contributed by atoms with Crippen LogP contribution in [0.4, 0.5) is 0 Å². The molecule has 0 aromatic heterocycles. The molecule has 0 spiro atoms. The monoisotopic (exact) mass is 141 g/mol. The molecule has 0 N–H and O–H groups in total. The van der Waals surface area contributed by atoms with Crippen molar-refractivity contribution in [3.63, 3.8) is 0 Å². The number of likely N-dealkylation sites (tertiary alicyclic amines) is 1. The van der Waals surface area contributed by atoms with E-state index < -0.39 is 0 Å². The van der Waals surface area contributed by atoms with Gasteiger partial charge in [-0.3, -0.25) is 4.79 Å². The van der Waals surface area contributed by atoms with Crippen LogP contribution in [0.5, 0.6) is 0 Å². The molecule has 0 radical (unpaired) electrons. The second-order valence-corrected chi connectivity index (χ2v) is 3.18. The molecule has 2 nitrogen and oxygen atoms in total. The molecule has 1 heterocycles. The summed E-state index contributed by atoms with van der Waals surface area (Å²) in [7, 11) is 0. The Hall–Kier alpha value is -0.530. The average molecular weight is 141 g/mol. The van der Waals surface area contributed by atoms with Gasteiger partial charge in [0.1, 0.15) is 0 Å². The van der Waals surface area contributed by atoms with Crippen LogP contribution in [-0.2, 0) is 4.79 Å². The van der Waals surface area contributed by atoms with E-state index in [1.165, 1.54) is 19.3 Å². The molecule has 58 valence electrons. The first-order valence-electron chi connectivity index (χ1n) is 4.02. The van der Waals surface area contributed by atoms with Gasteiger partial charge in [0, 0.05) is 13.1 Å². The lowest BCUT2D eigenvalue weighted by atomic mass is 10.0. The zero-order chi connectivity index (χ0) is 7.40. The topological polar surface area (TPSA) is 20.3 Å². The summed E-state index contributed by atoms with van der Waals surface area (Å²) in [5, 5.41) is 0. The summed E-state index contributed by atoms with van der Waals surface area (Å²) in [5.41, 5.74) is 0. The van der Waals surface area contributed by atoms with Gasteiger partial charge in [-0.05, 0) is 25.2 Å². The van der Waals surface area contributed by atoms with Gasteiger partial charge in [0.25, 0.3) is 0 Å². The van der Waals surface area contributed by atoms with E-state index in [-0.39, 0.29) is 0 Å². The lowest BCUT2D eigenvalue weighted by Gasteiger charge is -2.12. The maximum absolute atomic E-state index is 10.3. The number of rotatable bonds is 1. The fourth-order valence-electron chi connectivity index (χ4n) is 1.39. The van der Waals surface area contributed by atoms with Crippen molar-refractivity contribution >= 4 is 6.41 Å². The minimum atomic E-state index is 0.810. The highest BCUT2D eigenvalue weighted by Crippen LogP contribution is 2.14. The molecule has 1 aliphatic rings. The molecule has 1 amide bonds. The van der Waals surface area contributed by atoms with Crippen molar-refractivity contribution in [1.29, 1.82) is 0 Å². The third kappa shape index (κ3) is 2.01. The van der Waals surface area contributed by atoms with Gasteiger partial charge in [0.2, 0.25) is 6.41 Å². The van der Waals surface area contributed by atoms with E-state index in [1.54, 1.807) is 0 Å². The van der Waals surface area contributed by atoms with Crippen LogP contribution in [0.3, 0.4) is 0 Å². The van der Waals surface area contributed by atoms with Crippen LogP contribution in [0.1, 0.15) is 26.2 Å². The van der Waals surface area contributed by atoms with E-state index >= 15 is 0 Å². The number of hydrogen-bond donors (Lipinski definition) is 0. The van der Waals surface area contributed by atoms with Crippen LogP contribution >= 0.6 is 0 Å². The van der Waals surface area contributed by atoms with Gasteiger partial charge in [-0.2, -0.15) is 0 Å². The average Bonchev–Trinajstić information content (AvgIpc) is 2.14. The predicted molar refractivity (Wildman–Crippen MR) is 40.7 cm³/mol. The highest BCUT2D eigenvalue weighted by molar-refractivity contribution is 5.46. The van der Waals surface area contributed by atoms with Gasteiger partial charge in [0.05, 0.1) is 0 Å². The van der Waals surface area contributed by atoms with Crippen molar-refractivity contribution in [3.05, 3.63) is 0 Å². The minimum Gasteiger partial charge on any atom is -0.345 e. The first kappa shape index (κ1) is 7.58. The number of amides is 1. The number of carbonyl (C=O) groups excluding carboxylic acids is 1. The predicted octanol–water partition coefficient (Wildman–Crippen LogP) is 1.26. The van der Waals surface area contributed by atoms with E-state index in [4.69, 9.17) is 0 Å². The molecule has 1 aliphatic heterocycles. The standard InChI is InChI=1S/C8H15NO/c1-8-3-2-5-9(7-10)6-4-8/h7-8H,2-6H2,1H3. The molecule has 2 heteroatoms. The summed E-state index contributed by atoms with van der Waals surface area (Å²) in [6, 6.07) is 0. The molecule has 1 rings (SSSR count).